The Morgan fingerprint density at radius 2 is 1.85 bits per heavy atom. The Morgan fingerprint density at radius 1 is 1.05 bits per heavy atom. The smallest absolute Gasteiger partial charge is 0.185 e. The number of benzene rings is 2. The topological polar surface area (TPSA) is 39.4 Å². The van der Waals surface area contributed by atoms with Crippen LogP contribution in [-0.2, 0) is 6.61 Å². The minimum absolute atomic E-state index is 0.301. The summed E-state index contributed by atoms with van der Waals surface area (Å²) in [5, 5.41) is 2.26. The largest absolute Gasteiger partial charge is 0.486 e. The van der Waals surface area contributed by atoms with Crippen molar-refractivity contribution >= 4 is 33.0 Å². The first-order chi connectivity index (χ1) is 9.74. The van der Waals surface area contributed by atoms with E-state index in [-0.39, 0.29) is 0 Å². The van der Waals surface area contributed by atoms with Gasteiger partial charge < -0.3 is 9.15 Å². The van der Waals surface area contributed by atoms with Gasteiger partial charge in [-0.15, -0.1) is 0 Å². The molecule has 0 N–H and O–H groups in total. The van der Waals surface area contributed by atoms with Crippen LogP contribution in [0, 0.1) is 0 Å². The van der Waals surface area contributed by atoms with Crippen molar-refractivity contribution in [2.75, 3.05) is 0 Å². The van der Waals surface area contributed by atoms with Gasteiger partial charge in [0.1, 0.15) is 18.1 Å². The average Bonchev–Trinajstić information content (AvgIpc) is 2.93. The Morgan fingerprint density at radius 3 is 2.65 bits per heavy atom. The Balaban J connectivity index is 1.77. The second kappa shape index (κ2) is 5.51. The number of furan rings is 1. The zero-order valence-corrected chi connectivity index (χ0v) is 12.1. The second-order valence-corrected chi connectivity index (χ2v) is 5.28. The van der Waals surface area contributed by atoms with Gasteiger partial charge in [-0.3, -0.25) is 4.79 Å². The van der Waals surface area contributed by atoms with Gasteiger partial charge in [0.05, 0.1) is 0 Å². The van der Waals surface area contributed by atoms with E-state index in [1.54, 1.807) is 12.1 Å². The van der Waals surface area contributed by atoms with Crippen molar-refractivity contribution in [3.05, 3.63) is 64.5 Å². The molecule has 0 aliphatic heterocycles. The third-order valence-corrected chi connectivity index (χ3v) is 3.45. The summed E-state index contributed by atoms with van der Waals surface area (Å²) in [6, 6.07) is 15.4. The van der Waals surface area contributed by atoms with Crippen LogP contribution in [0.3, 0.4) is 0 Å². The van der Waals surface area contributed by atoms with Gasteiger partial charge in [0, 0.05) is 4.47 Å². The number of hydrogen-bond acceptors (Lipinski definition) is 3. The van der Waals surface area contributed by atoms with Gasteiger partial charge in [-0.25, -0.2) is 0 Å². The van der Waals surface area contributed by atoms with Crippen molar-refractivity contribution in [3.63, 3.8) is 0 Å². The molecule has 0 saturated carbocycles. The van der Waals surface area contributed by atoms with Crippen LogP contribution < -0.4 is 4.74 Å². The van der Waals surface area contributed by atoms with Crippen molar-refractivity contribution < 1.29 is 13.9 Å². The Labute approximate surface area is 124 Å². The summed E-state index contributed by atoms with van der Waals surface area (Å²) in [5.41, 5.74) is 0. The summed E-state index contributed by atoms with van der Waals surface area (Å²) in [6.45, 7) is 0.301. The van der Waals surface area contributed by atoms with Crippen molar-refractivity contribution in [2.24, 2.45) is 0 Å². The van der Waals surface area contributed by atoms with Crippen molar-refractivity contribution in [1.82, 2.24) is 0 Å². The molecule has 3 aromatic rings. The van der Waals surface area contributed by atoms with E-state index in [2.05, 4.69) is 22.0 Å². The van der Waals surface area contributed by atoms with Gasteiger partial charge >= 0.3 is 0 Å². The number of carbonyl (C=O) groups excluding carboxylic acids is 1. The van der Waals surface area contributed by atoms with Crippen LogP contribution in [0.2, 0.25) is 0 Å². The lowest BCUT2D eigenvalue weighted by Gasteiger charge is -2.06. The van der Waals surface area contributed by atoms with Crippen LogP contribution in [0.25, 0.3) is 10.8 Å². The molecule has 0 spiro atoms. The van der Waals surface area contributed by atoms with E-state index in [9.17, 15) is 4.79 Å². The molecule has 0 aliphatic carbocycles. The number of halogens is 1. The van der Waals surface area contributed by atoms with Gasteiger partial charge in [0.2, 0.25) is 0 Å². The van der Waals surface area contributed by atoms with E-state index in [1.165, 1.54) is 0 Å². The number of aldehydes is 1. The normalized spacial score (nSPS) is 10.7. The van der Waals surface area contributed by atoms with Crippen LogP contribution in [0.1, 0.15) is 16.3 Å². The van der Waals surface area contributed by atoms with Crippen LogP contribution >= 0.6 is 15.9 Å². The lowest BCUT2D eigenvalue weighted by atomic mass is 10.1. The molecule has 100 valence electrons. The lowest BCUT2D eigenvalue weighted by molar-refractivity contribution is 0.109. The fourth-order valence-electron chi connectivity index (χ4n) is 1.97. The van der Waals surface area contributed by atoms with Gasteiger partial charge in [-0.1, -0.05) is 28.1 Å². The van der Waals surface area contributed by atoms with Crippen molar-refractivity contribution in [2.45, 2.75) is 6.61 Å². The van der Waals surface area contributed by atoms with Gasteiger partial charge in [-0.2, -0.15) is 0 Å². The predicted molar refractivity (Wildman–Crippen MR) is 80.1 cm³/mol. The summed E-state index contributed by atoms with van der Waals surface area (Å²) in [7, 11) is 0. The number of ether oxygens (including phenoxy) is 1. The monoisotopic (exact) mass is 330 g/mol. The van der Waals surface area contributed by atoms with Crippen LogP contribution in [0.5, 0.6) is 5.75 Å². The maximum absolute atomic E-state index is 10.5. The van der Waals surface area contributed by atoms with Gasteiger partial charge in [0.25, 0.3) is 0 Å². The zero-order valence-electron chi connectivity index (χ0n) is 10.5. The molecular formula is C16H11BrO3. The maximum Gasteiger partial charge on any atom is 0.185 e. The maximum atomic E-state index is 10.5. The van der Waals surface area contributed by atoms with E-state index < -0.39 is 0 Å². The van der Waals surface area contributed by atoms with Gasteiger partial charge in [0.15, 0.2) is 12.0 Å². The summed E-state index contributed by atoms with van der Waals surface area (Å²) in [4.78, 5) is 10.5. The fourth-order valence-corrected chi connectivity index (χ4v) is 2.35. The number of fused-ring (bicyclic) bond motifs is 1. The predicted octanol–water partition coefficient (Wildman–Crippen LogP) is 4.59. The minimum atomic E-state index is 0.301. The molecule has 0 fully saturated rings. The lowest BCUT2D eigenvalue weighted by Crippen LogP contribution is -1.93. The molecule has 4 heteroatoms. The van der Waals surface area contributed by atoms with E-state index in [0.717, 1.165) is 21.0 Å². The number of rotatable bonds is 4. The highest BCUT2D eigenvalue weighted by atomic mass is 79.9. The highest BCUT2D eigenvalue weighted by Crippen LogP contribution is 2.24. The molecule has 0 bridgehead atoms. The molecule has 2 aromatic carbocycles. The van der Waals surface area contributed by atoms with Crippen LogP contribution in [0.4, 0.5) is 0 Å². The number of carbonyl (C=O) groups is 1. The SMILES string of the molecule is O=Cc1ccc(COc2ccc3cc(Br)ccc3c2)o1. The van der Waals surface area contributed by atoms with Crippen LogP contribution in [0.15, 0.2) is 57.4 Å². The highest BCUT2D eigenvalue weighted by molar-refractivity contribution is 9.10. The summed E-state index contributed by atoms with van der Waals surface area (Å²) in [6.07, 6.45) is 0.678. The van der Waals surface area contributed by atoms with Gasteiger partial charge in [-0.05, 0) is 47.2 Å². The quantitative estimate of drug-likeness (QED) is 0.657. The minimum Gasteiger partial charge on any atom is -0.486 e. The summed E-state index contributed by atoms with van der Waals surface area (Å²) >= 11 is 3.45. The first kappa shape index (κ1) is 12.9. The molecule has 3 rings (SSSR count). The molecule has 1 heterocycles. The summed E-state index contributed by atoms with van der Waals surface area (Å²) < 4.78 is 12.0. The Bertz CT molecular complexity index is 761. The standard InChI is InChI=1S/C16H11BrO3/c17-13-3-1-12-8-14(4-2-11(12)7-13)19-10-16-6-5-15(9-18)20-16/h1-9H,10H2. The molecular weight excluding hydrogens is 320 g/mol. The third-order valence-electron chi connectivity index (χ3n) is 2.95. The zero-order chi connectivity index (χ0) is 13.9. The molecule has 0 radical (unpaired) electrons. The molecule has 0 amide bonds. The highest BCUT2D eigenvalue weighted by Gasteiger charge is 2.03. The number of hydrogen-bond donors (Lipinski definition) is 0. The van der Waals surface area contributed by atoms with Crippen molar-refractivity contribution in [3.8, 4) is 5.75 Å². The van der Waals surface area contributed by atoms with E-state index in [4.69, 9.17) is 9.15 Å². The molecule has 1 aromatic heterocycles. The second-order valence-electron chi connectivity index (χ2n) is 4.36. The molecule has 3 nitrogen and oxygen atoms in total. The average molecular weight is 331 g/mol. The summed E-state index contributed by atoms with van der Waals surface area (Å²) in [5.74, 6) is 1.71. The van der Waals surface area contributed by atoms with E-state index >= 15 is 0 Å². The third kappa shape index (κ3) is 2.75. The Kier molecular flexibility index (Phi) is 3.56. The molecule has 0 atom stereocenters. The molecule has 20 heavy (non-hydrogen) atoms. The molecule has 0 aliphatic rings. The molecule has 0 unspecified atom stereocenters. The van der Waals surface area contributed by atoms with E-state index in [0.29, 0.717) is 24.4 Å². The Hall–Kier alpha value is -2.07. The van der Waals surface area contributed by atoms with E-state index in [1.807, 2.05) is 30.3 Å². The first-order valence-corrected chi connectivity index (χ1v) is 6.90. The van der Waals surface area contributed by atoms with Crippen molar-refractivity contribution in [1.29, 1.82) is 0 Å². The fraction of sp³-hybridized carbons (Fsp3) is 0.0625. The molecule has 0 saturated heterocycles. The first-order valence-electron chi connectivity index (χ1n) is 6.10. The van der Waals surface area contributed by atoms with Crippen LogP contribution in [-0.4, -0.2) is 6.29 Å².